The van der Waals surface area contributed by atoms with Gasteiger partial charge >= 0.3 is 0 Å². The Bertz CT molecular complexity index is 704. The van der Waals surface area contributed by atoms with Gasteiger partial charge in [-0.15, -0.1) is 0 Å². The van der Waals surface area contributed by atoms with Crippen LogP contribution < -0.4 is 10.6 Å². The van der Waals surface area contributed by atoms with Gasteiger partial charge in [-0.2, -0.15) is 0 Å². The first-order valence-electron chi connectivity index (χ1n) is 9.30. The highest BCUT2D eigenvalue weighted by molar-refractivity contribution is 5.32. The van der Waals surface area contributed by atoms with Crippen LogP contribution in [0.5, 0.6) is 0 Å². The second-order valence-electron chi connectivity index (χ2n) is 7.23. The van der Waals surface area contributed by atoms with Gasteiger partial charge in [-0.3, -0.25) is 0 Å². The molecule has 3 aliphatic rings. The third-order valence-electron chi connectivity index (χ3n) is 5.53. The normalized spacial score (nSPS) is 25.1. The van der Waals surface area contributed by atoms with Crippen LogP contribution in [-0.4, -0.2) is 43.9 Å². The van der Waals surface area contributed by atoms with Gasteiger partial charge < -0.3 is 20.3 Å². The number of rotatable bonds is 6. The number of nitrogens with one attached hydrogen (secondary N) is 2. The molecule has 0 radical (unpaired) electrons. The number of hydrogen-bond acceptors (Lipinski definition) is 4. The molecule has 1 aromatic rings. The van der Waals surface area contributed by atoms with Gasteiger partial charge in [-0.05, 0) is 31.4 Å². The molecule has 142 valence electrons. The van der Waals surface area contributed by atoms with Gasteiger partial charge in [-0.25, -0.2) is 13.2 Å². The molecule has 1 aromatic carbocycles. The van der Waals surface area contributed by atoms with Crippen molar-refractivity contribution in [2.45, 2.75) is 37.7 Å². The molecule has 0 bridgehead atoms. The first-order chi connectivity index (χ1) is 12.6. The lowest BCUT2D eigenvalue weighted by atomic mass is 9.95. The molecule has 0 aliphatic carbocycles. The zero-order chi connectivity index (χ0) is 18.1. The molecule has 2 atom stereocenters. The molecule has 0 saturated carbocycles. The maximum atomic E-state index is 14.1. The Labute approximate surface area is 151 Å². The topological polar surface area (TPSA) is 36.5 Å². The fourth-order valence-corrected chi connectivity index (χ4v) is 4.19. The number of nitrogens with zero attached hydrogens (tertiary/aromatic N) is 1. The SMILES string of the molecule is Fc1ccc(F)c([C@H]2CC3=C(CCNC[C@@H]4CCCO4)NCN3C2)c1F. The molecule has 26 heavy (non-hydrogen) atoms. The highest BCUT2D eigenvalue weighted by atomic mass is 19.2. The molecule has 2 saturated heterocycles. The average molecular weight is 367 g/mol. The molecule has 2 N–H and O–H groups in total. The van der Waals surface area contributed by atoms with Crippen LogP contribution in [0.25, 0.3) is 0 Å². The molecule has 4 rings (SSSR count). The Morgan fingerprint density at radius 1 is 1.23 bits per heavy atom. The third kappa shape index (κ3) is 3.42. The van der Waals surface area contributed by atoms with Crippen LogP contribution in [0.1, 0.15) is 37.2 Å². The predicted octanol–water partition coefficient (Wildman–Crippen LogP) is 2.82. The molecule has 7 heteroatoms. The van der Waals surface area contributed by atoms with Crippen LogP contribution in [0.2, 0.25) is 0 Å². The Morgan fingerprint density at radius 3 is 2.88 bits per heavy atom. The van der Waals surface area contributed by atoms with E-state index >= 15 is 0 Å². The van der Waals surface area contributed by atoms with Gasteiger partial charge in [0.15, 0.2) is 11.6 Å². The van der Waals surface area contributed by atoms with Gasteiger partial charge in [-0.1, -0.05) is 0 Å². The van der Waals surface area contributed by atoms with Crippen molar-refractivity contribution >= 4 is 0 Å². The van der Waals surface area contributed by atoms with Crippen LogP contribution in [0.15, 0.2) is 23.5 Å². The quantitative estimate of drug-likeness (QED) is 0.599. The minimum atomic E-state index is -1.05. The van der Waals surface area contributed by atoms with Crippen LogP contribution in [0.3, 0.4) is 0 Å². The largest absolute Gasteiger partial charge is 0.377 e. The summed E-state index contributed by atoms with van der Waals surface area (Å²) in [6, 6.07) is 1.86. The first kappa shape index (κ1) is 17.7. The molecular weight excluding hydrogens is 343 g/mol. The van der Waals surface area contributed by atoms with E-state index in [0.717, 1.165) is 62.5 Å². The van der Waals surface area contributed by atoms with E-state index in [4.69, 9.17) is 4.74 Å². The van der Waals surface area contributed by atoms with E-state index in [1.54, 1.807) is 0 Å². The molecule has 0 aromatic heterocycles. The minimum Gasteiger partial charge on any atom is -0.377 e. The van der Waals surface area contributed by atoms with E-state index < -0.39 is 17.5 Å². The van der Waals surface area contributed by atoms with E-state index in [-0.39, 0.29) is 11.5 Å². The van der Waals surface area contributed by atoms with Crippen molar-refractivity contribution < 1.29 is 17.9 Å². The Morgan fingerprint density at radius 2 is 2.08 bits per heavy atom. The summed E-state index contributed by atoms with van der Waals surface area (Å²) >= 11 is 0. The molecule has 0 spiro atoms. The van der Waals surface area contributed by atoms with E-state index in [1.165, 1.54) is 0 Å². The standard InChI is InChI=1S/C19H24F3N3O/c20-14-3-4-15(21)19(22)18(14)12-8-17-16(24-11-25(17)10-12)5-6-23-9-13-2-1-7-26-13/h3-4,12-13,23-24H,1-2,5-11H2/t12-,13-/m0/s1. The second kappa shape index (κ2) is 7.48. The summed E-state index contributed by atoms with van der Waals surface area (Å²) < 4.78 is 47.3. The van der Waals surface area contributed by atoms with Crippen molar-refractivity contribution in [3.8, 4) is 0 Å². The van der Waals surface area contributed by atoms with E-state index in [0.29, 0.717) is 25.7 Å². The van der Waals surface area contributed by atoms with Crippen LogP contribution in [-0.2, 0) is 4.74 Å². The lowest BCUT2D eigenvalue weighted by Gasteiger charge is -2.15. The summed E-state index contributed by atoms with van der Waals surface area (Å²) in [5, 5.41) is 6.79. The van der Waals surface area contributed by atoms with Crippen molar-refractivity contribution in [2.24, 2.45) is 0 Å². The van der Waals surface area contributed by atoms with Gasteiger partial charge in [0.2, 0.25) is 0 Å². The highest BCUT2D eigenvalue weighted by Crippen LogP contribution is 2.40. The fraction of sp³-hybridized carbons (Fsp3) is 0.579. The maximum Gasteiger partial charge on any atom is 0.165 e. The van der Waals surface area contributed by atoms with Crippen molar-refractivity contribution in [3.63, 3.8) is 0 Å². The lowest BCUT2D eigenvalue weighted by molar-refractivity contribution is 0.110. The molecule has 3 heterocycles. The molecule has 2 fully saturated rings. The van der Waals surface area contributed by atoms with Gasteiger partial charge in [0.1, 0.15) is 5.82 Å². The van der Waals surface area contributed by atoms with E-state index in [1.807, 2.05) is 0 Å². The van der Waals surface area contributed by atoms with Crippen LogP contribution in [0, 0.1) is 17.5 Å². The Hall–Kier alpha value is -1.73. The molecule has 0 amide bonds. The number of benzene rings is 1. The van der Waals surface area contributed by atoms with Gasteiger partial charge in [0.05, 0.1) is 12.8 Å². The predicted molar refractivity (Wildman–Crippen MR) is 91.9 cm³/mol. The maximum absolute atomic E-state index is 14.1. The highest BCUT2D eigenvalue weighted by Gasteiger charge is 2.36. The summed E-state index contributed by atoms with van der Waals surface area (Å²) in [5.74, 6) is -3.05. The van der Waals surface area contributed by atoms with Gasteiger partial charge in [0, 0.05) is 55.5 Å². The zero-order valence-electron chi connectivity index (χ0n) is 14.7. The third-order valence-corrected chi connectivity index (χ3v) is 5.53. The number of fused-ring (bicyclic) bond motifs is 1. The minimum absolute atomic E-state index is 0.122. The molecular formula is C19H24F3N3O. The summed E-state index contributed by atoms with van der Waals surface area (Å²) in [7, 11) is 0. The van der Waals surface area contributed by atoms with Gasteiger partial charge in [0.25, 0.3) is 0 Å². The van der Waals surface area contributed by atoms with Crippen LogP contribution in [0.4, 0.5) is 13.2 Å². The zero-order valence-corrected chi connectivity index (χ0v) is 14.7. The number of hydrogen-bond donors (Lipinski definition) is 2. The smallest absolute Gasteiger partial charge is 0.165 e. The summed E-state index contributed by atoms with van der Waals surface area (Å²) in [6.45, 7) is 3.69. The summed E-state index contributed by atoms with van der Waals surface area (Å²) in [6.07, 6.45) is 3.92. The Kier molecular flexibility index (Phi) is 5.09. The first-order valence-corrected chi connectivity index (χ1v) is 9.30. The fourth-order valence-electron chi connectivity index (χ4n) is 4.19. The number of ether oxygens (including phenoxy) is 1. The molecule has 3 aliphatic heterocycles. The van der Waals surface area contributed by atoms with Crippen LogP contribution >= 0.6 is 0 Å². The Balaban J connectivity index is 1.38. The van der Waals surface area contributed by atoms with E-state index in [9.17, 15) is 13.2 Å². The summed E-state index contributed by atoms with van der Waals surface area (Å²) in [4.78, 5) is 2.10. The average Bonchev–Trinajstić information content (AvgIpc) is 3.34. The van der Waals surface area contributed by atoms with Crippen molar-refractivity contribution in [2.75, 3.05) is 32.9 Å². The molecule has 0 unspecified atom stereocenters. The van der Waals surface area contributed by atoms with Crippen molar-refractivity contribution in [3.05, 3.63) is 46.5 Å². The second-order valence-corrected chi connectivity index (χ2v) is 7.23. The monoisotopic (exact) mass is 367 g/mol. The lowest BCUT2D eigenvalue weighted by Crippen LogP contribution is -2.28. The van der Waals surface area contributed by atoms with Crippen molar-refractivity contribution in [1.29, 1.82) is 0 Å². The van der Waals surface area contributed by atoms with E-state index in [2.05, 4.69) is 15.5 Å². The number of allylic oxidation sites excluding steroid dienone is 1. The number of halogens is 3. The van der Waals surface area contributed by atoms with Crippen molar-refractivity contribution in [1.82, 2.24) is 15.5 Å². The molecule has 4 nitrogen and oxygen atoms in total. The summed E-state index contributed by atoms with van der Waals surface area (Å²) in [5.41, 5.74) is 2.09.